The molecule has 2 heterocycles. The van der Waals surface area contributed by atoms with E-state index in [9.17, 15) is 0 Å². The van der Waals surface area contributed by atoms with Gasteiger partial charge in [-0.05, 0) is 31.8 Å². The Morgan fingerprint density at radius 2 is 1.71 bits per heavy atom. The van der Waals surface area contributed by atoms with E-state index in [0.29, 0.717) is 0 Å². The lowest BCUT2D eigenvalue weighted by molar-refractivity contribution is -0.0738. The van der Waals surface area contributed by atoms with Gasteiger partial charge in [0.1, 0.15) is 0 Å². The third-order valence-corrected chi connectivity index (χ3v) is 3.36. The summed E-state index contributed by atoms with van der Waals surface area (Å²) in [7, 11) is 0. The SMILES string of the molecule is CC.CCC1CCN(C2COC2)CC1. The average molecular weight is 199 g/mol. The largest absolute Gasteiger partial charge is 0.378 e. The van der Waals surface area contributed by atoms with Crippen LogP contribution in [0.3, 0.4) is 0 Å². The van der Waals surface area contributed by atoms with Gasteiger partial charge in [-0.15, -0.1) is 0 Å². The molecule has 0 amide bonds. The van der Waals surface area contributed by atoms with Crippen LogP contribution in [0.2, 0.25) is 0 Å². The highest BCUT2D eigenvalue weighted by atomic mass is 16.5. The van der Waals surface area contributed by atoms with Crippen molar-refractivity contribution in [2.45, 2.75) is 46.1 Å². The van der Waals surface area contributed by atoms with Crippen LogP contribution >= 0.6 is 0 Å². The molecule has 0 aliphatic carbocycles. The topological polar surface area (TPSA) is 12.5 Å². The van der Waals surface area contributed by atoms with Crippen molar-refractivity contribution in [2.24, 2.45) is 5.92 Å². The molecule has 0 aromatic heterocycles. The molecule has 0 N–H and O–H groups in total. The quantitative estimate of drug-likeness (QED) is 0.677. The van der Waals surface area contributed by atoms with E-state index in [1.54, 1.807) is 0 Å². The fourth-order valence-corrected chi connectivity index (χ4v) is 2.16. The first-order valence-electron chi connectivity index (χ1n) is 6.22. The van der Waals surface area contributed by atoms with Gasteiger partial charge >= 0.3 is 0 Å². The molecule has 2 fully saturated rings. The van der Waals surface area contributed by atoms with Gasteiger partial charge < -0.3 is 4.74 Å². The van der Waals surface area contributed by atoms with Gasteiger partial charge in [0.2, 0.25) is 0 Å². The number of ether oxygens (including phenoxy) is 1. The van der Waals surface area contributed by atoms with Crippen molar-refractivity contribution < 1.29 is 4.74 Å². The number of nitrogens with zero attached hydrogens (tertiary/aromatic N) is 1. The summed E-state index contributed by atoms with van der Waals surface area (Å²) >= 11 is 0. The zero-order chi connectivity index (χ0) is 10.4. The van der Waals surface area contributed by atoms with Crippen molar-refractivity contribution in [3.63, 3.8) is 0 Å². The molecule has 0 saturated carbocycles. The molecular weight excluding hydrogens is 174 g/mol. The molecular formula is C12H25NO. The summed E-state index contributed by atoms with van der Waals surface area (Å²) in [4.78, 5) is 2.61. The van der Waals surface area contributed by atoms with E-state index in [-0.39, 0.29) is 0 Å². The van der Waals surface area contributed by atoms with Crippen LogP contribution in [0.4, 0.5) is 0 Å². The van der Waals surface area contributed by atoms with Crippen LogP contribution in [-0.4, -0.2) is 37.2 Å². The van der Waals surface area contributed by atoms with Crippen LogP contribution in [0.1, 0.15) is 40.0 Å². The van der Waals surface area contributed by atoms with Gasteiger partial charge in [0.15, 0.2) is 0 Å². The highest BCUT2D eigenvalue weighted by molar-refractivity contribution is 4.81. The first-order valence-corrected chi connectivity index (χ1v) is 6.22. The Labute approximate surface area is 88.6 Å². The molecule has 0 unspecified atom stereocenters. The van der Waals surface area contributed by atoms with Gasteiger partial charge in [-0.2, -0.15) is 0 Å². The fourth-order valence-electron chi connectivity index (χ4n) is 2.16. The van der Waals surface area contributed by atoms with Crippen LogP contribution in [-0.2, 0) is 4.74 Å². The molecule has 2 rings (SSSR count). The minimum atomic E-state index is 0.766. The minimum Gasteiger partial charge on any atom is -0.378 e. The predicted octanol–water partition coefficient (Wildman–Crippen LogP) is 2.53. The first-order chi connectivity index (χ1) is 6.90. The van der Waals surface area contributed by atoms with Crippen molar-refractivity contribution in [3.8, 4) is 0 Å². The van der Waals surface area contributed by atoms with E-state index in [0.717, 1.165) is 25.2 Å². The lowest BCUT2D eigenvalue weighted by Gasteiger charge is -2.41. The van der Waals surface area contributed by atoms with Gasteiger partial charge in [-0.25, -0.2) is 0 Å². The second-order valence-corrected chi connectivity index (χ2v) is 4.08. The molecule has 84 valence electrons. The van der Waals surface area contributed by atoms with Crippen molar-refractivity contribution >= 4 is 0 Å². The van der Waals surface area contributed by atoms with Crippen molar-refractivity contribution in [1.29, 1.82) is 0 Å². The van der Waals surface area contributed by atoms with E-state index in [2.05, 4.69) is 11.8 Å². The number of rotatable bonds is 2. The van der Waals surface area contributed by atoms with Crippen LogP contribution in [0, 0.1) is 5.92 Å². The second-order valence-electron chi connectivity index (χ2n) is 4.08. The van der Waals surface area contributed by atoms with E-state index in [1.807, 2.05) is 13.8 Å². The third-order valence-electron chi connectivity index (χ3n) is 3.36. The van der Waals surface area contributed by atoms with Gasteiger partial charge in [0, 0.05) is 0 Å². The first kappa shape index (κ1) is 12.0. The Balaban J connectivity index is 0.000000461. The maximum atomic E-state index is 5.20. The Morgan fingerprint density at radius 3 is 2.07 bits per heavy atom. The molecule has 2 aliphatic rings. The Bertz CT molecular complexity index is 137. The van der Waals surface area contributed by atoms with Crippen LogP contribution in [0.5, 0.6) is 0 Å². The summed E-state index contributed by atoms with van der Waals surface area (Å²) in [5, 5.41) is 0. The van der Waals surface area contributed by atoms with Gasteiger partial charge in [-0.1, -0.05) is 27.2 Å². The fraction of sp³-hybridized carbons (Fsp3) is 1.00. The maximum absolute atomic E-state index is 5.20. The zero-order valence-electron chi connectivity index (χ0n) is 9.96. The molecule has 0 aromatic carbocycles. The molecule has 0 aromatic rings. The number of hydrogen-bond acceptors (Lipinski definition) is 2. The van der Waals surface area contributed by atoms with E-state index in [1.165, 1.54) is 32.4 Å². The summed E-state index contributed by atoms with van der Waals surface area (Å²) in [6.07, 6.45) is 4.19. The zero-order valence-corrected chi connectivity index (χ0v) is 9.96. The molecule has 2 aliphatic heterocycles. The summed E-state index contributed by atoms with van der Waals surface area (Å²) in [5.74, 6) is 1.00. The summed E-state index contributed by atoms with van der Waals surface area (Å²) in [6, 6.07) is 0.766. The number of likely N-dealkylation sites (tertiary alicyclic amines) is 1. The van der Waals surface area contributed by atoms with Crippen LogP contribution < -0.4 is 0 Å². The van der Waals surface area contributed by atoms with Crippen LogP contribution in [0.15, 0.2) is 0 Å². The highest BCUT2D eigenvalue weighted by Crippen LogP contribution is 2.23. The van der Waals surface area contributed by atoms with Gasteiger partial charge in [0.05, 0.1) is 19.3 Å². The normalized spacial score (nSPS) is 25.1. The molecule has 0 bridgehead atoms. The van der Waals surface area contributed by atoms with Crippen molar-refractivity contribution in [2.75, 3.05) is 26.3 Å². The monoisotopic (exact) mass is 199 g/mol. The Morgan fingerprint density at radius 1 is 1.14 bits per heavy atom. The van der Waals surface area contributed by atoms with E-state index < -0.39 is 0 Å². The molecule has 2 nitrogen and oxygen atoms in total. The summed E-state index contributed by atoms with van der Waals surface area (Å²) < 4.78 is 5.20. The lowest BCUT2D eigenvalue weighted by Crippen LogP contribution is -2.51. The second kappa shape index (κ2) is 6.41. The number of hydrogen-bond donors (Lipinski definition) is 0. The van der Waals surface area contributed by atoms with Crippen LogP contribution in [0.25, 0.3) is 0 Å². The lowest BCUT2D eigenvalue weighted by atomic mass is 9.93. The Kier molecular flexibility index (Phi) is 5.49. The predicted molar refractivity (Wildman–Crippen MR) is 60.5 cm³/mol. The van der Waals surface area contributed by atoms with Crippen molar-refractivity contribution in [1.82, 2.24) is 4.90 Å². The smallest absolute Gasteiger partial charge is 0.0645 e. The molecule has 0 atom stereocenters. The van der Waals surface area contributed by atoms with E-state index in [4.69, 9.17) is 4.74 Å². The van der Waals surface area contributed by atoms with Crippen molar-refractivity contribution in [3.05, 3.63) is 0 Å². The minimum absolute atomic E-state index is 0.766. The summed E-state index contributed by atoms with van der Waals surface area (Å²) in [6.45, 7) is 10.9. The molecule has 14 heavy (non-hydrogen) atoms. The summed E-state index contributed by atoms with van der Waals surface area (Å²) in [5.41, 5.74) is 0. The maximum Gasteiger partial charge on any atom is 0.0645 e. The highest BCUT2D eigenvalue weighted by Gasteiger charge is 2.28. The molecule has 2 heteroatoms. The number of piperidine rings is 1. The molecule has 0 radical (unpaired) electrons. The average Bonchev–Trinajstić information content (AvgIpc) is 2.20. The standard InChI is InChI=1S/C10H19NO.C2H6/c1-2-9-3-5-11(6-4-9)10-7-12-8-10;1-2/h9-10H,2-8H2,1H3;1-2H3. The van der Waals surface area contributed by atoms with E-state index >= 15 is 0 Å². The molecule has 2 saturated heterocycles. The molecule has 0 spiro atoms. The third kappa shape index (κ3) is 2.96. The van der Waals surface area contributed by atoms with Gasteiger partial charge in [-0.3, -0.25) is 4.90 Å². The van der Waals surface area contributed by atoms with Gasteiger partial charge in [0.25, 0.3) is 0 Å². The Hall–Kier alpha value is -0.0800.